The maximum atomic E-state index is 13.7. The predicted molar refractivity (Wildman–Crippen MR) is 83.3 cm³/mol. The summed E-state index contributed by atoms with van der Waals surface area (Å²) >= 11 is 0. The Morgan fingerprint density at radius 3 is 2.61 bits per heavy atom. The second-order valence-corrected chi connectivity index (χ2v) is 7.74. The predicted octanol–water partition coefficient (Wildman–Crippen LogP) is 1.51. The minimum Gasteiger partial charge on any atom is -0.327 e. The van der Waals surface area contributed by atoms with Crippen LogP contribution in [0.1, 0.15) is 12.8 Å². The molecule has 10 heteroatoms. The molecule has 0 radical (unpaired) electrons. The Morgan fingerprint density at radius 1 is 1.30 bits per heavy atom. The number of hydrogen-bond donors (Lipinski definition) is 1. The van der Waals surface area contributed by atoms with Crippen molar-refractivity contribution in [2.75, 3.05) is 13.1 Å². The van der Waals surface area contributed by atoms with E-state index in [-0.39, 0.29) is 43.4 Å². The normalized spacial score (nSPS) is 27.5. The van der Waals surface area contributed by atoms with E-state index in [1.807, 2.05) is 0 Å². The Labute approximate surface area is 139 Å². The van der Waals surface area contributed by atoms with E-state index >= 15 is 0 Å². The van der Waals surface area contributed by atoms with Gasteiger partial charge in [0.2, 0.25) is 15.8 Å². The lowest BCUT2D eigenvalue weighted by molar-refractivity contribution is -0.390. The Morgan fingerprint density at radius 2 is 2.00 bits per heavy atom. The first-order valence-corrected chi connectivity index (χ1v) is 8.45. The van der Waals surface area contributed by atoms with E-state index in [1.54, 1.807) is 0 Å². The van der Waals surface area contributed by atoms with E-state index in [4.69, 9.17) is 5.73 Å². The van der Waals surface area contributed by atoms with Gasteiger partial charge in [0, 0.05) is 19.1 Å². The van der Waals surface area contributed by atoms with Crippen molar-refractivity contribution >= 4 is 28.1 Å². The molecule has 1 aromatic carbocycles. The average molecular weight is 366 g/mol. The average Bonchev–Trinajstić information content (AvgIpc) is 3.01. The molecule has 1 aliphatic heterocycles. The molecule has 3 unspecified atom stereocenters. The van der Waals surface area contributed by atoms with Gasteiger partial charge in [-0.25, -0.2) is 8.42 Å². The summed E-state index contributed by atoms with van der Waals surface area (Å²) in [4.78, 5) is 9.43. The highest BCUT2D eigenvalue weighted by Crippen LogP contribution is 2.40. The molecule has 7 nitrogen and oxygen atoms in total. The minimum atomic E-state index is -4.11. The summed E-state index contributed by atoms with van der Waals surface area (Å²) < 4.78 is 40.2. The largest absolute Gasteiger partial charge is 0.327 e. The number of nitrogens with two attached hydrogens (primary N) is 1. The maximum absolute atomic E-state index is 13.7. The molecule has 2 N–H and O–H groups in total. The highest BCUT2D eigenvalue weighted by atomic mass is 35.5. The second kappa shape index (κ2) is 6.31. The van der Waals surface area contributed by atoms with Gasteiger partial charge in [0.15, 0.2) is 4.90 Å². The molecule has 2 fully saturated rings. The van der Waals surface area contributed by atoms with Gasteiger partial charge in [-0.1, -0.05) is 6.07 Å². The van der Waals surface area contributed by atoms with Crippen LogP contribution in [0.2, 0.25) is 0 Å². The number of hydrogen-bond acceptors (Lipinski definition) is 5. The van der Waals surface area contributed by atoms with Gasteiger partial charge in [-0.2, -0.15) is 8.70 Å². The first kappa shape index (κ1) is 18.1. The highest BCUT2D eigenvalue weighted by molar-refractivity contribution is 7.89. The molecular formula is C13H17ClFN3O4S. The molecule has 0 spiro atoms. The van der Waals surface area contributed by atoms with Crippen LogP contribution in [0.5, 0.6) is 0 Å². The topological polar surface area (TPSA) is 107 Å². The molecule has 1 saturated carbocycles. The molecular weight excluding hydrogens is 349 g/mol. The SMILES string of the molecule is Cl.NC1CCC2CN(S(=O)(=O)c3cccc(F)c3[N+](=O)[O-])CC12. The van der Waals surface area contributed by atoms with E-state index in [2.05, 4.69) is 0 Å². The summed E-state index contributed by atoms with van der Waals surface area (Å²) in [6.45, 7) is 0.524. The Bertz CT molecular complexity index is 730. The molecule has 0 aromatic heterocycles. The number of para-hydroxylation sites is 1. The van der Waals surface area contributed by atoms with Crippen molar-refractivity contribution in [2.45, 2.75) is 23.8 Å². The number of benzene rings is 1. The highest BCUT2D eigenvalue weighted by Gasteiger charge is 2.46. The second-order valence-electron chi connectivity index (χ2n) is 5.83. The van der Waals surface area contributed by atoms with Crippen LogP contribution in [0.25, 0.3) is 0 Å². The van der Waals surface area contributed by atoms with E-state index in [1.165, 1.54) is 4.31 Å². The smallest absolute Gasteiger partial charge is 0.324 e. The molecule has 128 valence electrons. The molecule has 23 heavy (non-hydrogen) atoms. The van der Waals surface area contributed by atoms with Gasteiger partial charge >= 0.3 is 5.69 Å². The molecule has 1 aliphatic carbocycles. The fourth-order valence-electron chi connectivity index (χ4n) is 3.48. The lowest BCUT2D eigenvalue weighted by atomic mass is 9.98. The zero-order valence-electron chi connectivity index (χ0n) is 12.1. The number of halogens is 2. The molecule has 3 atom stereocenters. The van der Waals surface area contributed by atoms with Gasteiger partial charge in [-0.15, -0.1) is 12.4 Å². The summed E-state index contributed by atoms with van der Waals surface area (Å²) in [5.74, 6) is -0.901. The Balaban J connectivity index is 0.00000192. The van der Waals surface area contributed by atoms with E-state index in [9.17, 15) is 22.9 Å². The first-order chi connectivity index (χ1) is 10.3. The third kappa shape index (κ3) is 2.93. The zero-order valence-corrected chi connectivity index (χ0v) is 13.7. The van der Waals surface area contributed by atoms with Gasteiger partial charge in [0.1, 0.15) is 0 Å². The number of fused-ring (bicyclic) bond motifs is 1. The van der Waals surface area contributed by atoms with Crippen LogP contribution in [0.15, 0.2) is 23.1 Å². The number of nitro benzene ring substituents is 1. The molecule has 3 rings (SSSR count). The summed E-state index contributed by atoms with van der Waals surface area (Å²) in [5.41, 5.74) is 4.98. The minimum absolute atomic E-state index is 0. The van der Waals surface area contributed by atoms with E-state index in [0.717, 1.165) is 31.0 Å². The van der Waals surface area contributed by atoms with Gasteiger partial charge in [-0.05, 0) is 36.8 Å². The summed E-state index contributed by atoms with van der Waals surface area (Å²) in [6, 6.07) is 3.07. The third-order valence-electron chi connectivity index (χ3n) is 4.63. The number of sulfonamides is 1. The van der Waals surface area contributed by atoms with Crippen LogP contribution in [0, 0.1) is 27.8 Å². The van der Waals surface area contributed by atoms with Crippen molar-refractivity contribution in [3.8, 4) is 0 Å². The number of nitro groups is 1. The van der Waals surface area contributed by atoms with Crippen LogP contribution < -0.4 is 5.73 Å². The van der Waals surface area contributed by atoms with Crippen LogP contribution in [-0.2, 0) is 10.0 Å². The summed E-state index contributed by atoms with van der Waals surface area (Å²) in [7, 11) is -4.11. The Kier molecular flexibility index (Phi) is 4.95. The van der Waals surface area contributed by atoms with Crippen molar-refractivity contribution < 1.29 is 17.7 Å². The maximum Gasteiger partial charge on any atom is 0.324 e. The summed E-state index contributed by atoms with van der Waals surface area (Å²) in [6.07, 6.45) is 1.71. The standard InChI is InChI=1S/C13H16FN3O4S.ClH/c14-10-2-1-3-12(13(10)17(18)19)22(20,21)16-6-8-4-5-11(15)9(8)7-16;/h1-3,8-9,11H,4-7,15H2;1H. The van der Waals surface area contributed by atoms with Crippen LogP contribution in [0.4, 0.5) is 10.1 Å². The van der Waals surface area contributed by atoms with E-state index in [0.29, 0.717) is 0 Å². The quantitative estimate of drug-likeness (QED) is 0.645. The summed E-state index contributed by atoms with van der Waals surface area (Å²) in [5, 5.41) is 11.0. The lowest BCUT2D eigenvalue weighted by Crippen LogP contribution is -2.33. The van der Waals surface area contributed by atoms with Crippen molar-refractivity contribution in [3.63, 3.8) is 0 Å². The molecule has 1 heterocycles. The van der Waals surface area contributed by atoms with Crippen LogP contribution in [-0.4, -0.2) is 36.8 Å². The molecule has 2 aliphatic rings. The van der Waals surface area contributed by atoms with Crippen molar-refractivity contribution in [3.05, 3.63) is 34.1 Å². The van der Waals surface area contributed by atoms with Crippen molar-refractivity contribution in [2.24, 2.45) is 17.6 Å². The monoisotopic (exact) mass is 365 g/mol. The molecule has 0 bridgehead atoms. The molecule has 1 aromatic rings. The Hall–Kier alpha value is -1.29. The fraction of sp³-hybridized carbons (Fsp3) is 0.538. The number of nitrogens with zero attached hydrogens (tertiary/aromatic N) is 2. The molecule has 1 saturated heterocycles. The first-order valence-electron chi connectivity index (χ1n) is 7.01. The van der Waals surface area contributed by atoms with Gasteiger partial charge in [-0.3, -0.25) is 10.1 Å². The fourth-order valence-corrected chi connectivity index (χ4v) is 5.18. The van der Waals surface area contributed by atoms with E-state index < -0.39 is 31.3 Å². The van der Waals surface area contributed by atoms with Crippen LogP contribution in [0.3, 0.4) is 0 Å². The molecule has 0 amide bonds. The van der Waals surface area contributed by atoms with Gasteiger partial charge in [0.25, 0.3) is 0 Å². The number of rotatable bonds is 3. The lowest BCUT2D eigenvalue weighted by Gasteiger charge is -2.18. The van der Waals surface area contributed by atoms with Crippen molar-refractivity contribution in [1.82, 2.24) is 4.31 Å². The van der Waals surface area contributed by atoms with Gasteiger partial charge in [0.05, 0.1) is 4.92 Å². The third-order valence-corrected chi connectivity index (χ3v) is 6.49. The van der Waals surface area contributed by atoms with Gasteiger partial charge < -0.3 is 5.73 Å². The zero-order chi connectivity index (χ0) is 16.1. The van der Waals surface area contributed by atoms with Crippen molar-refractivity contribution in [1.29, 1.82) is 0 Å². The van der Waals surface area contributed by atoms with Crippen LogP contribution >= 0.6 is 12.4 Å².